The summed E-state index contributed by atoms with van der Waals surface area (Å²) in [6.45, 7) is 0. The quantitative estimate of drug-likeness (QED) is 0.521. The van der Waals surface area contributed by atoms with E-state index in [2.05, 4.69) is 4.99 Å². The second-order valence-electron chi connectivity index (χ2n) is 2.02. The van der Waals surface area contributed by atoms with Crippen molar-refractivity contribution in [2.75, 3.05) is 7.11 Å². The summed E-state index contributed by atoms with van der Waals surface area (Å²) in [7, 11) is 1.57. The molecule has 1 heterocycles. The molecule has 1 rings (SSSR count). The molecule has 0 saturated carbocycles. The molecule has 3 nitrogen and oxygen atoms in total. The molecule has 56 valence electrons. The van der Waals surface area contributed by atoms with E-state index < -0.39 is 0 Å². The molecule has 0 bridgehead atoms. The SMILES string of the molecule is COC1=NC=CC(C#N)=CC1. The van der Waals surface area contributed by atoms with Crippen molar-refractivity contribution in [2.24, 2.45) is 4.99 Å². The van der Waals surface area contributed by atoms with Crippen LogP contribution in [0, 0.1) is 11.3 Å². The van der Waals surface area contributed by atoms with Gasteiger partial charge >= 0.3 is 0 Å². The molecule has 0 fully saturated rings. The summed E-state index contributed by atoms with van der Waals surface area (Å²) in [5.74, 6) is 0.631. The first kappa shape index (κ1) is 7.55. The summed E-state index contributed by atoms with van der Waals surface area (Å²) in [6.07, 6.45) is 5.60. The van der Waals surface area contributed by atoms with Gasteiger partial charge in [0.25, 0.3) is 0 Å². The molecule has 0 saturated heterocycles. The molecule has 1 aliphatic rings. The number of ether oxygens (including phenoxy) is 1. The number of nitrogens with zero attached hydrogens (tertiary/aromatic N) is 2. The van der Waals surface area contributed by atoms with E-state index in [4.69, 9.17) is 10.00 Å². The highest BCUT2D eigenvalue weighted by molar-refractivity contribution is 5.79. The van der Waals surface area contributed by atoms with Gasteiger partial charge in [0.1, 0.15) is 0 Å². The van der Waals surface area contributed by atoms with Crippen molar-refractivity contribution in [3.05, 3.63) is 23.9 Å². The van der Waals surface area contributed by atoms with Crippen LogP contribution in [-0.2, 0) is 4.74 Å². The Morgan fingerprint density at radius 3 is 3.18 bits per heavy atom. The third-order valence-electron chi connectivity index (χ3n) is 1.33. The van der Waals surface area contributed by atoms with Crippen molar-refractivity contribution in [1.29, 1.82) is 5.26 Å². The number of methoxy groups -OCH3 is 1. The lowest BCUT2D eigenvalue weighted by Crippen LogP contribution is -1.97. The van der Waals surface area contributed by atoms with E-state index in [-0.39, 0.29) is 0 Å². The fraction of sp³-hybridized carbons (Fsp3) is 0.250. The first-order valence-corrected chi connectivity index (χ1v) is 3.24. The molecule has 3 heteroatoms. The summed E-state index contributed by atoms with van der Waals surface area (Å²) in [4.78, 5) is 3.95. The molecule has 0 amide bonds. The summed E-state index contributed by atoms with van der Waals surface area (Å²) in [6, 6.07) is 2.03. The molecule has 0 atom stereocenters. The summed E-state index contributed by atoms with van der Waals surface area (Å²) < 4.78 is 4.91. The molecular weight excluding hydrogens is 140 g/mol. The lowest BCUT2D eigenvalue weighted by atomic mass is 10.2. The van der Waals surface area contributed by atoms with Crippen LogP contribution in [0.25, 0.3) is 0 Å². The predicted molar refractivity (Wildman–Crippen MR) is 41.9 cm³/mol. The molecule has 0 aromatic heterocycles. The second kappa shape index (κ2) is 3.57. The van der Waals surface area contributed by atoms with Gasteiger partial charge in [-0.05, 0) is 6.08 Å². The highest BCUT2D eigenvalue weighted by Crippen LogP contribution is 2.04. The van der Waals surface area contributed by atoms with Gasteiger partial charge in [-0.2, -0.15) is 5.26 Å². The van der Waals surface area contributed by atoms with Crippen LogP contribution in [0.3, 0.4) is 0 Å². The molecule has 11 heavy (non-hydrogen) atoms. The van der Waals surface area contributed by atoms with Gasteiger partial charge in [0.05, 0.1) is 18.8 Å². The molecule has 0 spiro atoms. The Labute approximate surface area is 65.3 Å². The van der Waals surface area contributed by atoms with E-state index in [0.29, 0.717) is 17.9 Å². The van der Waals surface area contributed by atoms with Crippen molar-refractivity contribution in [3.8, 4) is 6.07 Å². The van der Waals surface area contributed by atoms with Crippen molar-refractivity contribution in [2.45, 2.75) is 6.42 Å². The van der Waals surface area contributed by atoms with Crippen molar-refractivity contribution >= 4 is 5.90 Å². The average Bonchev–Trinajstić information content (AvgIpc) is 2.28. The Bertz CT molecular complexity index is 268. The van der Waals surface area contributed by atoms with Crippen molar-refractivity contribution in [1.82, 2.24) is 0 Å². The number of nitriles is 1. The minimum Gasteiger partial charge on any atom is -0.484 e. The molecule has 0 aromatic rings. The molecule has 0 aromatic carbocycles. The van der Waals surface area contributed by atoms with E-state index in [0.717, 1.165) is 0 Å². The van der Waals surface area contributed by atoms with Crippen LogP contribution < -0.4 is 0 Å². The Kier molecular flexibility index (Phi) is 2.45. The molecule has 1 aliphatic heterocycles. The van der Waals surface area contributed by atoms with Crippen LogP contribution in [0.5, 0.6) is 0 Å². The maximum atomic E-state index is 8.51. The zero-order chi connectivity index (χ0) is 8.10. The molecule has 0 radical (unpaired) electrons. The van der Waals surface area contributed by atoms with Crippen LogP contribution in [0.4, 0.5) is 0 Å². The number of rotatable bonds is 0. The maximum absolute atomic E-state index is 8.51. The van der Waals surface area contributed by atoms with Gasteiger partial charge in [-0.25, -0.2) is 4.99 Å². The fourth-order valence-corrected chi connectivity index (χ4v) is 0.738. The van der Waals surface area contributed by atoms with Gasteiger partial charge in [0, 0.05) is 12.6 Å². The maximum Gasteiger partial charge on any atom is 0.191 e. The monoisotopic (exact) mass is 148 g/mol. The Balaban J connectivity index is 2.76. The average molecular weight is 148 g/mol. The normalized spacial score (nSPS) is 16.0. The second-order valence-corrected chi connectivity index (χ2v) is 2.02. The Morgan fingerprint density at radius 2 is 2.55 bits per heavy atom. The summed E-state index contributed by atoms with van der Waals surface area (Å²) in [5.41, 5.74) is 0.626. The first-order valence-electron chi connectivity index (χ1n) is 3.24. The van der Waals surface area contributed by atoms with Gasteiger partial charge in [-0.15, -0.1) is 0 Å². The minimum atomic E-state index is 0.590. The standard InChI is InChI=1S/C8H8N2O/c1-11-8-3-2-7(6-9)4-5-10-8/h2,4-5H,3H2,1H3. The van der Waals surface area contributed by atoms with Crippen LogP contribution >= 0.6 is 0 Å². The number of hydrogen-bond acceptors (Lipinski definition) is 3. The van der Waals surface area contributed by atoms with Gasteiger partial charge < -0.3 is 4.74 Å². The molecule has 0 unspecified atom stereocenters. The molecule has 0 aliphatic carbocycles. The van der Waals surface area contributed by atoms with Crippen LogP contribution in [0.1, 0.15) is 6.42 Å². The van der Waals surface area contributed by atoms with Crippen LogP contribution in [0.15, 0.2) is 28.9 Å². The van der Waals surface area contributed by atoms with E-state index in [1.54, 1.807) is 25.5 Å². The van der Waals surface area contributed by atoms with Gasteiger partial charge in [-0.3, -0.25) is 0 Å². The number of allylic oxidation sites excluding steroid dienone is 2. The van der Waals surface area contributed by atoms with E-state index in [1.165, 1.54) is 0 Å². The zero-order valence-corrected chi connectivity index (χ0v) is 6.24. The lowest BCUT2D eigenvalue weighted by Gasteiger charge is -1.96. The van der Waals surface area contributed by atoms with Gasteiger partial charge in [-0.1, -0.05) is 6.08 Å². The number of hydrogen-bond donors (Lipinski definition) is 0. The largest absolute Gasteiger partial charge is 0.484 e. The van der Waals surface area contributed by atoms with E-state index in [9.17, 15) is 0 Å². The topological polar surface area (TPSA) is 45.4 Å². The third kappa shape index (κ3) is 1.94. The molecular formula is C8H8N2O. The Morgan fingerprint density at radius 1 is 1.73 bits per heavy atom. The van der Waals surface area contributed by atoms with Crippen LogP contribution in [-0.4, -0.2) is 13.0 Å². The highest BCUT2D eigenvalue weighted by atomic mass is 16.5. The summed E-state index contributed by atoms with van der Waals surface area (Å²) in [5, 5.41) is 8.51. The van der Waals surface area contributed by atoms with Crippen LogP contribution in [0.2, 0.25) is 0 Å². The van der Waals surface area contributed by atoms with Gasteiger partial charge in [0.2, 0.25) is 0 Å². The third-order valence-corrected chi connectivity index (χ3v) is 1.33. The zero-order valence-electron chi connectivity index (χ0n) is 6.24. The van der Waals surface area contributed by atoms with Crippen molar-refractivity contribution < 1.29 is 4.74 Å². The molecule has 0 N–H and O–H groups in total. The van der Waals surface area contributed by atoms with Gasteiger partial charge in [0.15, 0.2) is 5.90 Å². The predicted octanol–water partition coefficient (Wildman–Crippen LogP) is 1.40. The Hall–Kier alpha value is -1.56. The smallest absolute Gasteiger partial charge is 0.191 e. The fourth-order valence-electron chi connectivity index (χ4n) is 0.738. The first-order chi connectivity index (χ1) is 5.36. The lowest BCUT2D eigenvalue weighted by molar-refractivity contribution is 0.395. The summed E-state index contributed by atoms with van der Waals surface area (Å²) >= 11 is 0. The highest BCUT2D eigenvalue weighted by Gasteiger charge is 1.98. The van der Waals surface area contributed by atoms with Crippen molar-refractivity contribution in [3.63, 3.8) is 0 Å². The van der Waals surface area contributed by atoms with E-state index in [1.807, 2.05) is 6.07 Å². The minimum absolute atomic E-state index is 0.590. The number of aliphatic imine (C=N–C) groups is 1. The van der Waals surface area contributed by atoms with E-state index >= 15 is 0 Å².